The second kappa shape index (κ2) is 31.1. The molecule has 0 unspecified atom stereocenters. The molecular weight excluding hydrogens is 973 g/mol. The summed E-state index contributed by atoms with van der Waals surface area (Å²) in [5, 5.41) is 0. The van der Waals surface area contributed by atoms with Crippen molar-refractivity contribution < 1.29 is 0 Å². The molecule has 0 amide bonds. The number of aryl methyl sites for hydroxylation is 5. The van der Waals surface area contributed by atoms with Gasteiger partial charge in [0.15, 0.2) is 0 Å². The van der Waals surface area contributed by atoms with Gasteiger partial charge in [0.25, 0.3) is 0 Å². The third-order valence-electron chi connectivity index (χ3n) is 16.3. The van der Waals surface area contributed by atoms with Crippen LogP contribution in [-0.2, 0) is 18.3 Å². The van der Waals surface area contributed by atoms with E-state index in [1.54, 1.807) is 11.1 Å². The molecule has 0 saturated heterocycles. The van der Waals surface area contributed by atoms with Crippen molar-refractivity contribution in [2.45, 2.75) is 167 Å². The Morgan fingerprint density at radius 2 is 0.975 bits per heavy atom. The van der Waals surface area contributed by atoms with Gasteiger partial charge in [-0.25, -0.2) is 0 Å². The molecule has 1 saturated carbocycles. The predicted octanol–water partition coefficient (Wildman–Crippen LogP) is 24.4. The minimum absolute atomic E-state index is 0.115. The van der Waals surface area contributed by atoms with Gasteiger partial charge in [0.1, 0.15) is 0 Å². The Labute approximate surface area is 492 Å². The summed E-state index contributed by atoms with van der Waals surface area (Å²) in [6.45, 7) is 31.8. The lowest BCUT2D eigenvalue weighted by Crippen LogP contribution is -2.20. The topological polar surface area (TPSA) is 0 Å². The lowest BCUT2D eigenvalue weighted by molar-refractivity contribution is 0.550. The average molecular weight is 1070 g/mol. The van der Waals surface area contributed by atoms with Crippen molar-refractivity contribution in [2.75, 3.05) is 0 Å². The fourth-order valence-corrected chi connectivity index (χ4v) is 12.1. The van der Waals surface area contributed by atoms with Crippen molar-refractivity contribution in [3.05, 3.63) is 268 Å². The predicted molar refractivity (Wildman–Crippen MR) is 361 cm³/mol. The molecule has 3 aliphatic rings. The quantitative estimate of drug-likeness (QED) is 0.120. The van der Waals surface area contributed by atoms with Gasteiger partial charge in [-0.05, 0) is 221 Å². The van der Waals surface area contributed by atoms with Crippen LogP contribution in [0.2, 0.25) is 0 Å². The summed E-state index contributed by atoms with van der Waals surface area (Å²) >= 11 is 0. The highest BCUT2D eigenvalue weighted by molar-refractivity contribution is 5.87. The van der Waals surface area contributed by atoms with E-state index >= 15 is 0 Å². The van der Waals surface area contributed by atoms with E-state index in [1.165, 1.54) is 150 Å². The normalized spacial score (nSPS) is 13.4. The lowest BCUT2D eigenvalue weighted by atomic mass is 9.75. The van der Waals surface area contributed by atoms with Crippen LogP contribution in [0.5, 0.6) is 0 Å². The van der Waals surface area contributed by atoms with Gasteiger partial charge in [-0.3, -0.25) is 0 Å². The van der Waals surface area contributed by atoms with Crippen molar-refractivity contribution in [3.63, 3.8) is 0 Å². The maximum atomic E-state index is 2.55. The van der Waals surface area contributed by atoms with Crippen LogP contribution in [0.25, 0.3) is 61.2 Å². The molecule has 8 aromatic rings. The molecule has 0 N–H and O–H groups in total. The highest BCUT2D eigenvalue weighted by Crippen LogP contribution is 2.58. The number of hydrogen-bond donors (Lipinski definition) is 0. The van der Waals surface area contributed by atoms with Crippen LogP contribution < -0.4 is 0 Å². The van der Waals surface area contributed by atoms with E-state index in [9.17, 15) is 0 Å². The van der Waals surface area contributed by atoms with Crippen LogP contribution in [0, 0.1) is 27.7 Å². The summed E-state index contributed by atoms with van der Waals surface area (Å²) < 4.78 is 0. The Hall–Kier alpha value is -7.28. The Kier molecular flexibility index (Phi) is 24.1. The summed E-state index contributed by atoms with van der Waals surface area (Å²) in [6, 6.07) is 63.6. The Morgan fingerprint density at radius 1 is 0.469 bits per heavy atom. The first kappa shape index (κ1) is 62.9. The van der Waals surface area contributed by atoms with Gasteiger partial charge in [0, 0.05) is 5.41 Å². The molecule has 0 heteroatoms. The zero-order valence-corrected chi connectivity index (χ0v) is 52.4. The van der Waals surface area contributed by atoms with Crippen molar-refractivity contribution >= 4 is 5.57 Å². The Bertz CT molecular complexity index is 3380. The monoisotopic (exact) mass is 1070 g/mol. The first-order valence-corrected chi connectivity index (χ1v) is 30.9. The highest BCUT2D eigenvalue weighted by atomic mass is 14.5. The van der Waals surface area contributed by atoms with Gasteiger partial charge in [0.05, 0.1) is 0 Å². The molecule has 11 rings (SSSR count). The highest BCUT2D eigenvalue weighted by Gasteiger charge is 2.45. The summed E-state index contributed by atoms with van der Waals surface area (Å²) in [6.07, 6.45) is 22.6. The Morgan fingerprint density at radius 3 is 1.49 bits per heavy atom. The van der Waals surface area contributed by atoms with Crippen molar-refractivity contribution in [1.82, 2.24) is 0 Å². The van der Waals surface area contributed by atoms with Crippen molar-refractivity contribution in [1.29, 1.82) is 0 Å². The lowest BCUT2D eigenvalue weighted by Gasteiger charge is -2.27. The molecule has 420 valence electrons. The fraction of sp³-hybridized carbons (Fsp3) is 0.309. The van der Waals surface area contributed by atoms with Crippen LogP contribution >= 0.6 is 0 Å². The molecule has 0 nitrogen and oxygen atoms in total. The number of fused-ring (bicyclic) bond motifs is 5. The summed E-state index contributed by atoms with van der Waals surface area (Å²) in [4.78, 5) is 0. The van der Waals surface area contributed by atoms with Crippen LogP contribution in [0.15, 0.2) is 212 Å². The first-order chi connectivity index (χ1) is 39.5. The molecule has 1 fully saturated rings. The zero-order valence-electron chi connectivity index (χ0n) is 52.4. The molecule has 8 aromatic carbocycles. The number of allylic oxidation sites excluding steroid dienone is 8. The smallest absolute Gasteiger partial charge is 0.0215 e. The van der Waals surface area contributed by atoms with Gasteiger partial charge in [-0.15, -0.1) is 0 Å². The van der Waals surface area contributed by atoms with E-state index in [0.717, 1.165) is 12.8 Å². The molecule has 1 spiro atoms. The van der Waals surface area contributed by atoms with E-state index in [1.807, 2.05) is 41.5 Å². The van der Waals surface area contributed by atoms with Crippen LogP contribution in [0.1, 0.15) is 176 Å². The van der Waals surface area contributed by atoms with Crippen molar-refractivity contribution in [3.8, 4) is 55.6 Å². The maximum absolute atomic E-state index is 2.55. The van der Waals surface area contributed by atoms with Gasteiger partial charge in [-0.2, -0.15) is 0 Å². The van der Waals surface area contributed by atoms with E-state index in [4.69, 9.17) is 0 Å². The first-order valence-electron chi connectivity index (χ1n) is 30.9. The average Bonchev–Trinajstić information content (AvgIpc) is 2.60. The van der Waals surface area contributed by atoms with E-state index in [0.29, 0.717) is 5.92 Å². The molecule has 0 aromatic heterocycles. The number of benzene rings is 8. The largest absolute Gasteiger partial charge is 0.0877 e. The minimum Gasteiger partial charge on any atom is -0.0877 e. The minimum atomic E-state index is 0.115. The molecule has 0 atom stereocenters. The number of hydrogen-bond acceptors (Lipinski definition) is 0. The molecule has 81 heavy (non-hydrogen) atoms. The van der Waals surface area contributed by atoms with E-state index < -0.39 is 0 Å². The number of rotatable bonds is 10. The summed E-state index contributed by atoms with van der Waals surface area (Å²) in [5.41, 5.74) is 30.7. The van der Waals surface area contributed by atoms with Gasteiger partial charge in [0.2, 0.25) is 0 Å². The maximum Gasteiger partial charge on any atom is 0.0215 e. The van der Waals surface area contributed by atoms with Crippen LogP contribution in [-0.4, -0.2) is 0 Å². The molecular formula is C81H96. The molecule has 3 aliphatic carbocycles. The summed E-state index contributed by atoms with van der Waals surface area (Å²) in [5.74, 6) is 0.522. The third-order valence-corrected chi connectivity index (χ3v) is 16.3. The van der Waals surface area contributed by atoms with E-state index in [-0.39, 0.29) is 5.41 Å². The van der Waals surface area contributed by atoms with Gasteiger partial charge >= 0.3 is 0 Å². The van der Waals surface area contributed by atoms with E-state index in [2.05, 4.69) is 269 Å². The standard InChI is InChI=1S/C47H48.C14H16.C14H14.3C2H6/c1-6-8-9-10-14-35-27-38(18-17-34(35)7-2)36-15-13-16-37(28-36)39-19-21-43-44-22-20-40(42-26-33(5)25-41(29-42)32(3)4)31-46(44)47(45(43)30-39)23-11-12-24-47;2*1-11-7-3-5-9-13(11)14-10-6-4-8-12(14)2;3*1-2/h6,8-10,13,15-22,25-32H,7,11-12,14,23-24H2,1-5H3;3-5,7-9H,6,10H2,1-2H3;3-10H,1-2H3;3*1-2H3/b8-6-,10-9-;;;;;. The molecule has 0 aliphatic heterocycles. The fourth-order valence-electron chi connectivity index (χ4n) is 12.1. The third kappa shape index (κ3) is 15.2. The van der Waals surface area contributed by atoms with Gasteiger partial charge < -0.3 is 0 Å². The molecule has 0 radical (unpaired) electrons. The molecule has 0 heterocycles. The van der Waals surface area contributed by atoms with Crippen LogP contribution in [0.3, 0.4) is 0 Å². The van der Waals surface area contributed by atoms with Gasteiger partial charge in [-0.1, -0.05) is 269 Å². The van der Waals surface area contributed by atoms with Crippen LogP contribution in [0.4, 0.5) is 0 Å². The molecule has 0 bridgehead atoms. The SMILES string of the molecule is C/C=C\C=C/Cc1cc(-c2cccc(-c3ccc4c(c3)C3(CCCC3)c3cc(-c5cc(C)cc(C(C)C)c5)ccc3-4)c2)ccc1CC.CC.CC.CC.CC1=C(c2ccccc2C)CCC=C1.Cc1ccccc1-c1ccccc1C. The second-order valence-corrected chi connectivity index (χ2v) is 21.7. The summed E-state index contributed by atoms with van der Waals surface area (Å²) in [7, 11) is 0. The second-order valence-electron chi connectivity index (χ2n) is 21.7. The Balaban J connectivity index is 0.000000251. The zero-order chi connectivity index (χ0) is 58.5. The van der Waals surface area contributed by atoms with Crippen molar-refractivity contribution in [2.24, 2.45) is 0 Å².